The second-order valence-corrected chi connectivity index (χ2v) is 10.9. The molecule has 0 radical (unpaired) electrons. The highest BCUT2D eigenvalue weighted by Gasteiger charge is 2.28. The third-order valence-corrected chi connectivity index (χ3v) is 8.89. The first-order valence-corrected chi connectivity index (χ1v) is 13.9. The fraction of sp³-hybridized carbons (Fsp3) is 0.0278. The van der Waals surface area contributed by atoms with Crippen LogP contribution in [-0.2, 0) is 6.42 Å². The Bertz CT molecular complexity index is 2550. The number of hydrogen-bond acceptors (Lipinski definition) is 3. The Morgan fingerprint density at radius 2 is 1.37 bits per heavy atom. The van der Waals surface area contributed by atoms with Crippen LogP contribution in [0.3, 0.4) is 0 Å². The van der Waals surface area contributed by atoms with Crippen molar-refractivity contribution in [2.45, 2.75) is 6.42 Å². The molecule has 0 aliphatic heterocycles. The largest absolute Gasteiger partial charge is 0.309 e. The van der Waals surface area contributed by atoms with E-state index in [1.54, 1.807) is 0 Å². The number of imidazole rings is 1. The molecule has 0 bridgehead atoms. The van der Waals surface area contributed by atoms with Gasteiger partial charge in [-0.15, -0.1) is 0 Å². The Balaban J connectivity index is 1.34. The van der Waals surface area contributed by atoms with Crippen LogP contribution in [0.1, 0.15) is 11.1 Å². The molecule has 0 spiro atoms. The molecule has 5 aromatic heterocycles. The molecule has 0 saturated heterocycles. The maximum atomic E-state index is 5.17. The van der Waals surface area contributed by atoms with Gasteiger partial charge in [0.1, 0.15) is 11.3 Å². The minimum absolute atomic E-state index is 0.852. The monoisotopic (exact) mass is 523 g/mol. The van der Waals surface area contributed by atoms with Crippen molar-refractivity contribution in [1.29, 1.82) is 0 Å². The summed E-state index contributed by atoms with van der Waals surface area (Å²) in [5.74, 6) is 0. The van der Waals surface area contributed by atoms with Crippen LogP contribution in [0, 0.1) is 0 Å². The van der Waals surface area contributed by atoms with E-state index in [1.165, 1.54) is 60.5 Å². The molecule has 41 heavy (non-hydrogen) atoms. The molecular formula is C36H21N5. The van der Waals surface area contributed by atoms with Gasteiger partial charge >= 0.3 is 0 Å². The molecule has 0 fully saturated rings. The van der Waals surface area contributed by atoms with Gasteiger partial charge in [0.25, 0.3) is 0 Å². The predicted octanol–water partition coefficient (Wildman–Crippen LogP) is 8.25. The number of hydrogen-bond donors (Lipinski definition) is 0. The molecule has 1 aliphatic rings. The predicted molar refractivity (Wildman–Crippen MR) is 166 cm³/mol. The van der Waals surface area contributed by atoms with Crippen molar-refractivity contribution in [1.82, 2.24) is 23.9 Å². The van der Waals surface area contributed by atoms with E-state index < -0.39 is 0 Å². The van der Waals surface area contributed by atoms with E-state index in [1.807, 2.05) is 30.7 Å². The molecule has 0 N–H and O–H groups in total. The normalized spacial score (nSPS) is 12.8. The van der Waals surface area contributed by atoms with Gasteiger partial charge in [-0.25, -0.2) is 9.97 Å². The molecular weight excluding hydrogens is 502 g/mol. The van der Waals surface area contributed by atoms with Gasteiger partial charge in [-0.3, -0.25) is 9.38 Å². The lowest BCUT2D eigenvalue weighted by Gasteiger charge is -2.11. The van der Waals surface area contributed by atoms with Gasteiger partial charge < -0.3 is 4.57 Å². The smallest absolute Gasteiger partial charge is 0.147 e. The standard InChI is InChI=1S/C36H21N5/c1-2-7-21(8-3-1)40-30-11-5-4-9-26(30)33-27-19-28-22(23(27)14-15-31(33)40)12-13-24-25-10-6-17-38-35(25)41-32-20-37-18-16-29(32)39-36(41)34(24)28/h1-18,20H,19H2. The summed E-state index contributed by atoms with van der Waals surface area (Å²) in [5, 5.41) is 6.15. The molecule has 10 rings (SSSR count). The molecule has 0 saturated carbocycles. The first kappa shape index (κ1) is 21.3. The van der Waals surface area contributed by atoms with Gasteiger partial charge in [0, 0.05) is 46.0 Å². The van der Waals surface area contributed by atoms with E-state index in [0.29, 0.717) is 0 Å². The summed E-state index contributed by atoms with van der Waals surface area (Å²) in [6, 6.07) is 34.8. The number of para-hydroxylation sites is 2. The maximum absolute atomic E-state index is 5.17. The number of fused-ring (bicyclic) bond motifs is 16. The molecule has 4 aromatic carbocycles. The fourth-order valence-corrected chi connectivity index (χ4v) is 7.26. The number of benzene rings is 4. The summed E-state index contributed by atoms with van der Waals surface area (Å²) in [4.78, 5) is 14.4. The van der Waals surface area contributed by atoms with Crippen LogP contribution in [0.2, 0.25) is 0 Å². The minimum Gasteiger partial charge on any atom is -0.309 e. The van der Waals surface area contributed by atoms with Crippen molar-refractivity contribution in [2.75, 3.05) is 0 Å². The Morgan fingerprint density at radius 3 is 2.29 bits per heavy atom. The van der Waals surface area contributed by atoms with Crippen LogP contribution in [-0.4, -0.2) is 23.9 Å². The van der Waals surface area contributed by atoms with Crippen molar-refractivity contribution >= 4 is 60.3 Å². The van der Waals surface area contributed by atoms with Crippen LogP contribution in [0.25, 0.3) is 77.1 Å². The van der Waals surface area contributed by atoms with Crippen LogP contribution in [0.4, 0.5) is 0 Å². The van der Waals surface area contributed by atoms with E-state index in [4.69, 9.17) is 9.97 Å². The van der Waals surface area contributed by atoms with Crippen molar-refractivity contribution in [3.63, 3.8) is 0 Å². The van der Waals surface area contributed by atoms with E-state index >= 15 is 0 Å². The highest BCUT2D eigenvalue weighted by atomic mass is 15.1. The molecule has 0 amide bonds. The van der Waals surface area contributed by atoms with Gasteiger partial charge in [-0.1, -0.05) is 54.6 Å². The molecule has 5 nitrogen and oxygen atoms in total. The summed E-state index contributed by atoms with van der Waals surface area (Å²) in [6.07, 6.45) is 6.42. The Kier molecular flexibility index (Phi) is 3.92. The van der Waals surface area contributed by atoms with E-state index in [-0.39, 0.29) is 0 Å². The van der Waals surface area contributed by atoms with E-state index in [0.717, 1.165) is 34.1 Å². The lowest BCUT2D eigenvalue weighted by atomic mass is 9.98. The van der Waals surface area contributed by atoms with Crippen molar-refractivity contribution in [3.8, 4) is 16.8 Å². The molecule has 190 valence electrons. The summed E-state index contributed by atoms with van der Waals surface area (Å²) in [7, 11) is 0. The summed E-state index contributed by atoms with van der Waals surface area (Å²) >= 11 is 0. The maximum Gasteiger partial charge on any atom is 0.147 e. The molecule has 1 aliphatic carbocycles. The lowest BCUT2D eigenvalue weighted by Crippen LogP contribution is -1.96. The average molecular weight is 524 g/mol. The van der Waals surface area contributed by atoms with Gasteiger partial charge in [0.2, 0.25) is 0 Å². The third kappa shape index (κ3) is 2.63. The Morgan fingerprint density at radius 1 is 0.561 bits per heavy atom. The zero-order chi connectivity index (χ0) is 26.7. The first-order valence-electron chi connectivity index (χ1n) is 13.9. The van der Waals surface area contributed by atoms with Crippen LogP contribution < -0.4 is 0 Å². The van der Waals surface area contributed by atoms with Crippen molar-refractivity contribution in [2.24, 2.45) is 0 Å². The van der Waals surface area contributed by atoms with E-state index in [2.05, 4.69) is 98.9 Å². The zero-order valence-corrected chi connectivity index (χ0v) is 21.9. The number of nitrogens with zero attached hydrogens (tertiary/aromatic N) is 5. The topological polar surface area (TPSA) is 48.0 Å². The second kappa shape index (κ2) is 7.55. The number of rotatable bonds is 1. The highest BCUT2D eigenvalue weighted by molar-refractivity contribution is 6.18. The van der Waals surface area contributed by atoms with Gasteiger partial charge in [0.15, 0.2) is 0 Å². The fourth-order valence-electron chi connectivity index (χ4n) is 7.26. The molecule has 0 unspecified atom stereocenters. The lowest BCUT2D eigenvalue weighted by molar-refractivity contribution is 1.18. The summed E-state index contributed by atoms with van der Waals surface area (Å²) < 4.78 is 4.60. The van der Waals surface area contributed by atoms with Crippen molar-refractivity contribution in [3.05, 3.63) is 127 Å². The van der Waals surface area contributed by atoms with Gasteiger partial charge in [0.05, 0.1) is 28.3 Å². The second-order valence-electron chi connectivity index (χ2n) is 10.9. The highest BCUT2D eigenvalue weighted by Crippen LogP contribution is 2.48. The molecule has 9 aromatic rings. The summed E-state index contributed by atoms with van der Waals surface area (Å²) in [6.45, 7) is 0. The first-order chi connectivity index (χ1) is 20.4. The Hall–Kier alpha value is -5.55. The quantitative estimate of drug-likeness (QED) is 0.204. The third-order valence-electron chi connectivity index (χ3n) is 8.89. The van der Waals surface area contributed by atoms with Gasteiger partial charge in [-0.2, -0.15) is 0 Å². The average Bonchev–Trinajstić information content (AvgIpc) is 3.71. The van der Waals surface area contributed by atoms with Crippen LogP contribution in [0.5, 0.6) is 0 Å². The van der Waals surface area contributed by atoms with Crippen molar-refractivity contribution < 1.29 is 0 Å². The number of pyridine rings is 3. The zero-order valence-electron chi connectivity index (χ0n) is 21.9. The van der Waals surface area contributed by atoms with Gasteiger partial charge in [-0.05, 0) is 70.1 Å². The Labute approximate surface area is 234 Å². The molecule has 0 atom stereocenters. The minimum atomic E-state index is 0.852. The SMILES string of the molecule is c1ccc(-n2c3ccccc3c3c4c(ccc32)-c2ccc3c5cccnc5n5c6cnccc6nc5c3c2C4)cc1. The van der Waals surface area contributed by atoms with Crippen LogP contribution >= 0.6 is 0 Å². The number of aromatic nitrogens is 5. The molecule has 5 heteroatoms. The summed E-state index contributed by atoms with van der Waals surface area (Å²) in [5.41, 5.74) is 12.7. The van der Waals surface area contributed by atoms with E-state index in [9.17, 15) is 0 Å². The molecule has 5 heterocycles. The van der Waals surface area contributed by atoms with Crippen LogP contribution in [0.15, 0.2) is 116 Å².